The monoisotopic (exact) mass is 495 g/mol. The average molecular weight is 496 g/mol. The molecule has 0 saturated heterocycles. The Kier molecular flexibility index (Phi) is 7.58. The van der Waals surface area contributed by atoms with E-state index in [0.717, 1.165) is 39.5 Å². The van der Waals surface area contributed by atoms with Gasteiger partial charge in [0.1, 0.15) is 24.0 Å². The number of benzene rings is 3. The molecule has 0 spiro atoms. The lowest BCUT2D eigenvalue weighted by Crippen LogP contribution is -2.13. The predicted octanol–water partition coefficient (Wildman–Crippen LogP) is 7.18. The van der Waals surface area contributed by atoms with Crippen LogP contribution in [0.2, 0.25) is 5.02 Å². The third-order valence-electron chi connectivity index (χ3n) is 5.82. The SMILES string of the molecule is Cc1cccc(NC(=O)/C(C#N)=C\c2cc(C)n(-c3ccc(OCc4ccc(Cl)cc4)cc3)c2C)c1. The van der Waals surface area contributed by atoms with Crippen LogP contribution < -0.4 is 10.1 Å². The van der Waals surface area contributed by atoms with Gasteiger partial charge in [0.05, 0.1) is 0 Å². The highest BCUT2D eigenvalue weighted by Crippen LogP contribution is 2.25. The van der Waals surface area contributed by atoms with E-state index in [1.54, 1.807) is 12.1 Å². The molecule has 0 saturated carbocycles. The van der Waals surface area contributed by atoms with Crippen molar-refractivity contribution in [2.45, 2.75) is 27.4 Å². The third-order valence-corrected chi connectivity index (χ3v) is 6.08. The van der Waals surface area contributed by atoms with Crippen LogP contribution in [-0.2, 0) is 11.4 Å². The molecule has 1 aromatic heterocycles. The summed E-state index contributed by atoms with van der Waals surface area (Å²) in [6.45, 7) is 6.36. The van der Waals surface area contributed by atoms with Gasteiger partial charge in [-0.3, -0.25) is 4.79 Å². The van der Waals surface area contributed by atoms with E-state index in [1.807, 2.05) is 99.6 Å². The van der Waals surface area contributed by atoms with Crippen molar-refractivity contribution in [2.24, 2.45) is 0 Å². The summed E-state index contributed by atoms with van der Waals surface area (Å²) in [6.07, 6.45) is 1.63. The number of carbonyl (C=O) groups excluding carboxylic acids is 1. The van der Waals surface area contributed by atoms with Gasteiger partial charge in [-0.2, -0.15) is 5.26 Å². The third kappa shape index (κ3) is 5.86. The molecule has 1 amide bonds. The summed E-state index contributed by atoms with van der Waals surface area (Å²) < 4.78 is 7.98. The Labute approximate surface area is 216 Å². The van der Waals surface area contributed by atoms with Crippen molar-refractivity contribution in [3.63, 3.8) is 0 Å². The number of halogens is 1. The molecule has 0 aliphatic carbocycles. The Hall–Kier alpha value is -4.27. The maximum Gasteiger partial charge on any atom is 0.266 e. The molecule has 0 aliphatic rings. The Morgan fingerprint density at radius 1 is 1.03 bits per heavy atom. The van der Waals surface area contributed by atoms with E-state index < -0.39 is 5.91 Å². The Morgan fingerprint density at radius 3 is 2.42 bits per heavy atom. The number of amides is 1. The van der Waals surface area contributed by atoms with Crippen LogP contribution in [0.15, 0.2) is 84.4 Å². The lowest BCUT2D eigenvalue weighted by atomic mass is 10.1. The molecule has 36 heavy (non-hydrogen) atoms. The molecule has 0 unspecified atom stereocenters. The number of anilines is 1. The predicted molar refractivity (Wildman–Crippen MR) is 144 cm³/mol. The lowest BCUT2D eigenvalue weighted by Gasteiger charge is -2.12. The molecule has 0 atom stereocenters. The smallest absolute Gasteiger partial charge is 0.266 e. The number of hydrogen-bond acceptors (Lipinski definition) is 3. The summed E-state index contributed by atoms with van der Waals surface area (Å²) in [6, 6.07) is 26.9. The molecule has 4 aromatic rings. The molecule has 0 bridgehead atoms. The first-order valence-corrected chi connectivity index (χ1v) is 11.9. The number of nitrogens with one attached hydrogen (secondary N) is 1. The maximum absolute atomic E-state index is 12.7. The molecule has 0 radical (unpaired) electrons. The second-order valence-corrected chi connectivity index (χ2v) is 9.00. The first-order chi connectivity index (χ1) is 17.3. The fourth-order valence-electron chi connectivity index (χ4n) is 4.00. The number of carbonyl (C=O) groups is 1. The lowest BCUT2D eigenvalue weighted by molar-refractivity contribution is -0.112. The number of ether oxygens (including phenoxy) is 1. The van der Waals surface area contributed by atoms with Gasteiger partial charge in [0.25, 0.3) is 5.91 Å². The van der Waals surface area contributed by atoms with Gasteiger partial charge in [-0.1, -0.05) is 35.9 Å². The van der Waals surface area contributed by atoms with Crippen LogP contribution >= 0.6 is 11.6 Å². The van der Waals surface area contributed by atoms with Crippen molar-refractivity contribution in [3.05, 3.63) is 118 Å². The molecular weight excluding hydrogens is 470 g/mol. The largest absolute Gasteiger partial charge is 0.489 e. The zero-order valence-corrected chi connectivity index (χ0v) is 21.1. The molecule has 1 N–H and O–H groups in total. The minimum atomic E-state index is -0.435. The van der Waals surface area contributed by atoms with Crippen molar-refractivity contribution < 1.29 is 9.53 Å². The van der Waals surface area contributed by atoms with Gasteiger partial charge in [0.2, 0.25) is 0 Å². The van der Waals surface area contributed by atoms with Gasteiger partial charge in [-0.15, -0.1) is 0 Å². The highest BCUT2D eigenvalue weighted by molar-refractivity contribution is 6.30. The van der Waals surface area contributed by atoms with E-state index in [0.29, 0.717) is 17.3 Å². The average Bonchev–Trinajstić information content (AvgIpc) is 3.15. The minimum Gasteiger partial charge on any atom is -0.489 e. The second kappa shape index (κ2) is 11.0. The molecular formula is C30H26ClN3O2. The topological polar surface area (TPSA) is 67.0 Å². The van der Waals surface area contributed by atoms with Crippen molar-refractivity contribution in [1.29, 1.82) is 5.26 Å². The van der Waals surface area contributed by atoms with Crippen molar-refractivity contribution in [1.82, 2.24) is 4.57 Å². The van der Waals surface area contributed by atoms with Crippen LogP contribution in [0, 0.1) is 32.1 Å². The number of aromatic nitrogens is 1. The Morgan fingerprint density at radius 2 is 1.75 bits per heavy atom. The molecule has 0 fully saturated rings. The van der Waals surface area contributed by atoms with Gasteiger partial charge in [-0.25, -0.2) is 0 Å². The van der Waals surface area contributed by atoms with E-state index in [9.17, 15) is 10.1 Å². The van der Waals surface area contributed by atoms with Gasteiger partial charge in [-0.05, 0) is 98.1 Å². The molecule has 6 heteroatoms. The summed E-state index contributed by atoms with van der Waals surface area (Å²) >= 11 is 5.94. The molecule has 4 rings (SSSR count). The first kappa shape index (κ1) is 24.8. The summed E-state index contributed by atoms with van der Waals surface area (Å²) in [5.74, 6) is 0.325. The summed E-state index contributed by atoms with van der Waals surface area (Å²) in [4.78, 5) is 12.7. The van der Waals surface area contributed by atoms with E-state index >= 15 is 0 Å². The van der Waals surface area contributed by atoms with Crippen LogP contribution in [0.5, 0.6) is 5.75 Å². The zero-order chi connectivity index (χ0) is 25.7. The van der Waals surface area contributed by atoms with E-state index in [-0.39, 0.29) is 5.57 Å². The Balaban J connectivity index is 1.51. The van der Waals surface area contributed by atoms with Crippen LogP contribution in [0.25, 0.3) is 11.8 Å². The minimum absolute atomic E-state index is 0.0442. The van der Waals surface area contributed by atoms with Crippen molar-refractivity contribution in [3.8, 4) is 17.5 Å². The first-order valence-electron chi connectivity index (χ1n) is 11.5. The fourth-order valence-corrected chi connectivity index (χ4v) is 4.12. The summed E-state index contributed by atoms with van der Waals surface area (Å²) in [5, 5.41) is 13.1. The van der Waals surface area contributed by atoms with E-state index in [4.69, 9.17) is 16.3 Å². The van der Waals surface area contributed by atoms with Gasteiger partial charge < -0.3 is 14.6 Å². The van der Waals surface area contributed by atoms with E-state index in [1.165, 1.54) is 0 Å². The standard InChI is InChI=1S/C30H26ClN3O2/c1-20-5-4-6-27(15-20)33-30(35)25(18-32)17-24-16-21(2)34(22(24)3)28-11-13-29(14-12-28)36-19-23-7-9-26(31)10-8-23/h4-17H,19H2,1-3H3,(H,33,35)/b25-17-. The van der Waals surface area contributed by atoms with Gasteiger partial charge in [0, 0.05) is 27.8 Å². The number of nitriles is 1. The normalized spacial score (nSPS) is 11.1. The van der Waals surface area contributed by atoms with Crippen LogP contribution in [-0.4, -0.2) is 10.5 Å². The van der Waals surface area contributed by atoms with Crippen LogP contribution in [0.3, 0.4) is 0 Å². The highest BCUT2D eigenvalue weighted by Gasteiger charge is 2.14. The second-order valence-electron chi connectivity index (χ2n) is 8.56. The highest BCUT2D eigenvalue weighted by atomic mass is 35.5. The summed E-state index contributed by atoms with van der Waals surface area (Å²) in [5.41, 5.74) is 6.46. The fraction of sp³-hybridized carbons (Fsp3) is 0.133. The summed E-state index contributed by atoms with van der Waals surface area (Å²) in [7, 11) is 0. The van der Waals surface area contributed by atoms with Crippen molar-refractivity contribution in [2.75, 3.05) is 5.32 Å². The molecule has 1 heterocycles. The number of rotatable bonds is 7. The number of nitrogens with zero attached hydrogens (tertiary/aromatic N) is 2. The Bertz CT molecular complexity index is 1460. The quantitative estimate of drug-likeness (QED) is 0.218. The van der Waals surface area contributed by atoms with E-state index in [2.05, 4.69) is 9.88 Å². The van der Waals surface area contributed by atoms with Crippen LogP contribution in [0.1, 0.15) is 28.1 Å². The van der Waals surface area contributed by atoms with Gasteiger partial charge >= 0.3 is 0 Å². The molecule has 3 aromatic carbocycles. The van der Waals surface area contributed by atoms with Gasteiger partial charge in [0.15, 0.2) is 0 Å². The maximum atomic E-state index is 12.7. The zero-order valence-electron chi connectivity index (χ0n) is 20.4. The number of hydrogen-bond donors (Lipinski definition) is 1. The molecule has 0 aliphatic heterocycles. The van der Waals surface area contributed by atoms with Crippen LogP contribution in [0.4, 0.5) is 5.69 Å². The van der Waals surface area contributed by atoms with Crippen molar-refractivity contribution >= 4 is 29.3 Å². The number of aryl methyl sites for hydroxylation is 2. The molecule has 5 nitrogen and oxygen atoms in total. The molecule has 180 valence electrons.